The molecule has 4 rings (SSSR count). The van der Waals surface area contributed by atoms with Gasteiger partial charge in [0.05, 0.1) is 0 Å². The van der Waals surface area contributed by atoms with E-state index in [1.165, 1.54) is 0 Å². The number of hydrogen-bond donors (Lipinski definition) is 0. The van der Waals surface area contributed by atoms with Crippen molar-refractivity contribution in [1.82, 2.24) is 0 Å². The summed E-state index contributed by atoms with van der Waals surface area (Å²) in [6.45, 7) is 1.36. The molecule has 0 amide bonds. The second kappa shape index (κ2) is 17.2. The smallest absolute Gasteiger partial charge is 0.121 e. The maximum Gasteiger partial charge on any atom is 0.121 e. The molecule has 0 N–H and O–H groups in total. The summed E-state index contributed by atoms with van der Waals surface area (Å²) in [6, 6.07) is 24.8. The summed E-state index contributed by atoms with van der Waals surface area (Å²) in [4.78, 5) is 0. The van der Waals surface area contributed by atoms with E-state index in [0.717, 1.165) is 51.6 Å². The van der Waals surface area contributed by atoms with Crippen LogP contribution in [0.5, 0.6) is 23.0 Å². The average Bonchev–Trinajstić information content (AvgIpc) is 2.86. The minimum atomic E-state index is -0.640. The van der Waals surface area contributed by atoms with Crippen molar-refractivity contribution in [3.63, 3.8) is 0 Å². The zero-order valence-electron chi connectivity index (χ0n) is 20.9. The Bertz CT molecular complexity index is 1210. The van der Waals surface area contributed by atoms with Crippen LogP contribution in [-0.2, 0) is 0 Å². The molecule has 4 aromatic rings. The van der Waals surface area contributed by atoms with Crippen LogP contribution in [0.25, 0.3) is 0 Å². The monoisotopic (exact) mass is 1450 g/mol. The number of halogens is 8. The normalized spacial score (nSPS) is 11.3. The summed E-state index contributed by atoms with van der Waals surface area (Å²) < 4.78 is 34.9. The Morgan fingerprint density at radius 2 is 0.488 bits per heavy atom. The molecule has 0 fully saturated rings. The first-order valence-corrected chi connectivity index (χ1v) is 20.5. The fourth-order valence-corrected chi connectivity index (χ4v) is 11.2. The van der Waals surface area contributed by atoms with Gasteiger partial charge in [0.15, 0.2) is 0 Å². The molecule has 4 nitrogen and oxygen atoms in total. The minimum absolute atomic E-state index is 0.340. The van der Waals surface area contributed by atoms with Gasteiger partial charge >= 0.3 is 0 Å². The molecule has 12 heteroatoms. The molecule has 216 valence electrons. The van der Waals surface area contributed by atoms with E-state index in [9.17, 15) is 0 Å². The van der Waals surface area contributed by atoms with E-state index in [4.69, 9.17) is 18.9 Å². The summed E-state index contributed by atoms with van der Waals surface area (Å²) in [5, 5.41) is 0. The van der Waals surface area contributed by atoms with Gasteiger partial charge in [0.2, 0.25) is 0 Å². The third kappa shape index (κ3) is 12.2. The van der Waals surface area contributed by atoms with E-state index in [1.54, 1.807) is 0 Å². The van der Waals surface area contributed by atoms with Crippen molar-refractivity contribution in [2.24, 2.45) is 5.41 Å². The number of rotatable bonds is 12. The van der Waals surface area contributed by atoms with Crippen LogP contribution < -0.4 is 18.9 Å². The molecule has 0 bridgehead atoms. The Kier molecular flexibility index (Phi) is 15.0. The van der Waals surface area contributed by atoms with Gasteiger partial charge < -0.3 is 18.9 Å². The Labute approximate surface area is 349 Å². The van der Waals surface area contributed by atoms with Crippen molar-refractivity contribution in [2.45, 2.75) is 0 Å². The van der Waals surface area contributed by atoms with Crippen molar-refractivity contribution < 1.29 is 18.9 Å². The highest BCUT2D eigenvalue weighted by molar-refractivity contribution is 14.1. The summed E-state index contributed by atoms with van der Waals surface area (Å²) >= 11 is 18.6. The zero-order chi connectivity index (χ0) is 29.6. The molecule has 0 heterocycles. The van der Waals surface area contributed by atoms with Crippen molar-refractivity contribution in [2.75, 3.05) is 26.4 Å². The highest BCUT2D eigenvalue weighted by atomic mass is 127. The van der Waals surface area contributed by atoms with Crippen LogP contribution in [-0.4, -0.2) is 26.4 Å². The maximum absolute atomic E-state index is 6.48. The molecule has 0 aliphatic heterocycles. The van der Waals surface area contributed by atoms with Gasteiger partial charge in [-0.2, -0.15) is 0 Å². The van der Waals surface area contributed by atoms with Crippen LogP contribution >= 0.6 is 181 Å². The molecular formula is C29H20I8O4. The lowest BCUT2D eigenvalue weighted by atomic mass is 9.92. The van der Waals surface area contributed by atoms with Gasteiger partial charge in [0.1, 0.15) is 54.8 Å². The van der Waals surface area contributed by atoms with E-state index in [1.807, 2.05) is 48.5 Å². The van der Waals surface area contributed by atoms with Crippen LogP contribution in [0, 0.1) is 34.0 Å². The topological polar surface area (TPSA) is 36.9 Å². The van der Waals surface area contributed by atoms with Crippen molar-refractivity contribution in [1.29, 1.82) is 0 Å². The molecule has 41 heavy (non-hydrogen) atoms. The van der Waals surface area contributed by atoms with E-state index in [2.05, 4.69) is 205 Å². The van der Waals surface area contributed by atoms with E-state index in [-0.39, 0.29) is 0 Å². The van der Waals surface area contributed by atoms with Crippen LogP contribution in [0.3, 0.4) is 0 Å². The second-order valence-corrected chi connectivity index (χ2v) is 19.0. The SMILES string of the molecule is Ic1cc(I)cc(OCC(COc2cc(I)cc(I)c2)(COc2cc(I)cc(I)c2)COc2cc(I)cc(I)c2)c1. The second-order valence-electron chi connectivity index (χ2n) is 9.08. The molecule has 0 aromatic heterocycles. The Hall–Kier alpha value is 1.92. The van der Waals surface area contributed by atoms with Crippen molar-refractivity contribution in [3.8, 4) is 23.0 Å². The molecule has 0 atom stereocenters. The van der Waals surface area contributed by atoms with Gasteiger partial charge in [-0.25, -0.2) is 0 Å². The first-order valence-electron chi connectivity index (χ1n) is 11.8. The Morgan fingerprint density at radius 3 is 0.659 bits per heavy atom. The third-order valence-corrected chi connectivity index (χ3v) is 10.5. The molecular weight excluding hydrogens is 1430 g/mol. The molecule has 4 aromatic carbocycles. The van der Waals surface area contributed by atoms with Crippen LogP contribution in [0.1, 0.15) is 0 Å². The van der Waals surface area contributed by atoms with Crippen molar-refractivity contribution >= 4 is 181 Å². The van der Waals surface area contributed by atoms with E-state index in [0.29, 0.717) is 26.4 Å². The summed E-state index contributed by atoms with van der Waals surface area (Å²) in [5.74, 6) is 3.23. The predicted octanol–water partition coefficient (Wildman–Crippen LogP) is 11.1. The largest absolute Gasteiger partial charge is 0.493 e. The molecule has 0 spiro atoms. The lowest BCUT2D eigenvalue weighted by Gasteiger charge is -2.33. The fourth-order valence-electron chi connectivity index (χ4n) is 3.64. The van der Waals surface area contributed by atoms with Gasteiger partial charge in [-0.3, -0.25) is 0 Å². The van der Waals surface area contributed by atoms with Gasteiger partial charge in [-0.05, 0) is 254 Å². The van der Waals surface area contributed by atoms with E-state index >= 15 is 0 Å². The van der Waals surface area contributed by atoms with Crippen molar-refractivity contribution in [3.05, 3.63) is 101 Å². The van der Waals surface area contributed by atoms with Gasteiger partial charge in [0, 0.05) is 28.6 Å². The van der Waals surface area contributed by atoms with Crippen LogP contribution in [0.15, 0.2) is 72.8 Å². The standard InChI is InChI=1S/C29H20I8O4/c30-17-1-18(31)6-25(5-17)38-13-29(14-39-26-7-19(32)2-20(33)8-26,15-40-27-9-21(34)3-22(35)10-27)16-41-28-11-23(36)4-24(37)12-28/h1-12H,13-16H2. The highest BCUT2D eigenvalue weighted by Crippen LogP contribution is 2.30. The Balaban J connectivity index is 1.67. The quantitative estimate of drug-likeness (QED) is 0.133. The minimum Gasteiger partial charge on any atom is -0.493 e. The lowest BCUT2D eigenvalue weighted by molar-refractivity contribution is -0.00364. The van der Waals surface area contributed by atoms with Crippen LogP contribution in [0.2, 0.25) is 0 Å². The third-order valence-electron chi connectivity index (χ3n) is 5.52. The first-order chi connectivity index (χ1) is 19.5. The number of ether oxygens (including phenoxy) is 4. The predicted molar refractivity (Wildman–Crippen MR) is 232 cm³/mol. The molecule has 0 saturated heterocycles. The molecule has 0 radical (unpaired) electrons. The maximum atomic E-state index is 6.48. The van der Waals surface area contributed by atoms with E-state index < -0.39 is 5.41 Å². The lowest BCUT2D eigenvalue weighted by Crippen LogP contribution is -2.45. The number of hydrogen-bond acceptors (Lipinski definition) is 4. The van der Waals surface area contributed by atoms with Gasteiger partial charge in [-0.1, -0.05) is 0 Å². The number of benzene rings is 4. The average molecular weight is 1450 g/mol. The zero-order valence-corrected chi connectivity index (χ0v) is 38.2. The molecule has 0 aliphatic carbocycles. The van der Waals surface area contributed by atoms with Gasteiger partial charge in [-0.15, -0.1) is 0 Å². The summed E-state index contributed by atoms with van der Waals surface area (Å²) in [6.07, 6.45) is 0. The molecule has 0 saturated carbocycles. The molecule has 0 unspecified atom stereocenters. The molecule has 0 aliphatic rings. The fraction of sp³-hybridized carbons (Fsp3) is 0.172. The van der Waals surface area contributed by atoms with Gasteiger partial charge in [0.25, 0.3) is 0 Å². The Morgan fingerprint density at radius 1 is 0.317 bits per heavy atom. The first kappa shape index (κ1) is 35.8. The van der Waals surface area contributed by atoms with Crippen LogP contribution in [0.4, 0.5) is 0 Å². The summed E-state index contributed by atoms with van der Waals surface area (Å²) in [7, 11) is 0. The summed E-state index contributed by atoms with van der Waals surface area (Å²) in [5.41, 5.74) is -0.640. The highest BCUT2D eigenvalue weighted by Gasteiger charge is 2.36.